The standard InChI is InChI=1S/C27H29N5O2/c1-18(2)14-21(16-28)26(34)31-13-7-10-22(31)17-32-24-12-5-4-11-23(24)29-27(32)30-25(33)20-9-6-8-19(3)15-20/h4-6,8-9,11-12,14-15,18,22H,7,10,13,17H2,1-3H3,(H,29,30,33)/t22-/m1/s1. The van der Waals surface area contributed by atoms with Gasteiger partial charge in [-0.05, 0) is 49.9 Å². The van der Waals surface area contributed by atoms with Crippen molar-refractivity contribution in [3.05, 3.63) is 71.3 Å². The Kier molecular flexibility index (Phi) is 6.78. The van der Waals surface area contributed by atoms with Gasteiger partial charge in [-0.15, -0.1) is 0 Å². The number of hydrogen-bond acceptors (Lipinski definition) is 4. The fourth-order valence-corrected chi connectivity index (χ4v) is 4.46. The zero-order valence-electron chi connectivity index (χ0n) is 19.8. The Morgan fingerprint density at radius 1 is 1.24 bits per heavy atom. The Morgan fingerprint density at radius 3 is 2.76 bits per heavy atom. The smallest absolute Gasteiger partial charge is 0.264 e. The fraction of sp³-hybridized carbons (Fsp3) is 0.333. The molecule has 0 radical (unpaired) electrons. The van der Waals surface area contributed by atoms with Crippen LogP contribution < -0.4 is 5.32 Å². The number of fused-ring (bicyclic) bond motifs is 1. The highest BCUT2D eigenvalue weighted by atomic mass is 16.2. The first-order valence-corrected chi connectivity index (χ1v) is 11.6. The van der Waals surface area contributed by atoms with Gasteiger partial charge in [-0.2, -0.15) is 5.26 Å². The van der Waals surface area contributed by atoms with Gasteiger partial charge in [-0.25, -0.2) is 4.98 Å². The summed E-state index contributed by atoms with van der Waals surface area (Å²) in [5.41, 5.74) is 3.41. The molecular formula is C27H29N5O2. The van der Waals surface area contributed by atoms with E-state index in [9.17, 15) is 14.9 Å². The maximum Gasteiger partial charge on any atom is 0.264 e. The molecule has 2 aromatic carbocycles. The van der Waals surface area contributed by atoms with Crippen LogP contribution in [0.25, 0.3) is 11.0 Å². The molecule has 2 amide bonds. The van der Waals surface area contributed by atoms with Crippen LogP contribution >= 0.6 is 0 Å². The number of aryl methyl sites for hydroxylation is 1. The van der Waals surface area contributed by atoms with Crippen molar-refractivity contribution in [2.75, 3.05) is 11.9 Å². The molecule has 1 aliphatic heterocycles. The number of anilines is 1. The van der Waals surface area contributed by atoms with Gasteiger partial charge in [-0.1, -0.05) is 49.8 Å². The fourth-order valence-electron chi connectivity index (χ4n) is 4.46. The van der Waals surface area contributed by atoms with E-state index in [0.717, 1.165) is 29.4 Å². The van der Waals surface area contributed by atoms with E-state index in [2.05, 4.69) is 16.4 Å². The van der Waals surface area contributed by atoms with Crippen LogP contribution in [0.1, 0.15) is 42.6 Å². The number of nitriles is 1. The summed E-state index contributed by atoms with van der Waals surface area (Å²) in [7, 11) is 0. The lowest BCUT2D eigenvalue weighted by Gasteiger charge is -2.26. The summed E-state index contributed by atoms with van der Waals surface area (Å²) in [6.45, 7) is 6.94. The van der Waals surface area contributed by atoms with Crippen molar-refractivity contribution in [1.82, 2.24) is 14.5 Å². The molecule has 4 rings (SSSR count). The van der Waals surface area contributed by atoms with Gasteiger partial charge in [0, 0.05) is 18.7 Å². The lowest BCUT2D eigenvalue weighted by Crippen LogP contribution is -2.39. The van der Waals surface area contributed by atoms with Gasteiger partial charge >= 0.3 is 0 Å². The minimum absolute atomic E-state index is 0.0939. The molecule has 1 atom stereocenters. The summed E-state index contributed by atoms with van der Waals surface area (Å²) in [5.74, 6) is 0.102. The number of carbonyl (C=O) groups excluding carboxylic acids is 2. The SMILES string of the molecule is Cc1cccc(C(=O)Nc2nc3ccccc3n2C[C@H]2CCCN2C(=O)C(C#N)=CC(C)C)c1. The molecule has 7 nitrogen and oxygen atoms in total. The monoisotopic (exact) mass is 455 g/mol. The molecule has 0 aliphatic carbocycles. The number of imidazole rings is 1. The number of benzene rings is 2. The molecule has 0 saturated carbocycles. The number of carbonyl (C=O) groups is 2. The van der Waals surface area contributed by atoms with Gasteiger partial charge in [0.1, 0.15) is 11.6 Å². The Balaban J connectivity index is 1.64. The van der Waals surface area contributed by atoms with Gasteiger partial charge in [0.25, 0.3) is 11.8 Å². The zero-order valence-corrected chi connectivity index (χ0v) is 19.8. The van der Waals surface area contributed by atoms with Crippen molar-refractivity contribution in [1.29, 1.82) is 5.26 Å². The number of para-hydroxylation sites is 2. The quantitative estimate of drug-likeness (QED) is 0.431. The summed E-state index contributed by atoms with van der Waals surface area (Å²) in [5, 5.41) is 12.5. The predicted octanol–water partition coefficient (Wildman–Crippen LogP) is 4.69. The molecule has 1 saturated heterocycles. The van der Waals surface area contributed by atoms with Crippen molar-refractivity contribution in [3.8, 4) is 6.07 Å². The molecule has 174 valence electrons. The third-order valence-electron chi connectivity index (χ3n) is 6.04. The molecule has 1 fully saturated rings. The summed E-state index contributed by atoms with van der Waals surface area (Å²) in [6.07, 6.45) is 3.41. The van der Waals surface area contributed by atoms with Crippen LogP contribution in [0.5, 0.6) is 0 Å². The topological polar surface area (TPSA) is 91.0 Å². The third-order valence-corrected chi connectivity index (χ3v) is 6.04. The van der Waals surface area contributed by atoms with Crippen LogP contribution in [0.2, 0.25) is 0 Å². The van der Waals surface area contributed by atoms with Crippen LogP contribution in [0, 0.1) is 24.2 Å². The zero-order chi connectivity index (χ0) is 24.2. The molecule has 1 aliphatic rings. The van der Waals surface area contributed by atoms with Crippen molar-refractivity contribution in [3.63, 3.8) is 0 Å². The van der Waals surface area contributed by atoms with E-state index in [-0.39, 0.29) is 29.3 Å². The number of amides is 2. The third kappa shape index (κ3) is 4.86. The minimum atomic E-state index is -0.230. The molecule has 34 heavy (non-hydrogen) atoms. The van der Waals surface area contributed by atoms with Crippen molar-refractivity contribution in [2.45, 2.75) is 46.2 Å². The molecule has 3 aromatic rings. The first kappa shape index (κ1) is 23.2. The van der Waals surface area contributed by atoms with E-state index in [1.165, 1.54) is 0 Å². The summed E-state index contributed by atoms with van der Waals surface area (Å²) in [6, 6.07) is 17.1. The number of nitrogens with one attached hydrogen (secondary N) is 1. The lowest BCUT2D eigenvalue weighted by atomic mass is 10.1. The van der Waals surface area contributed by atoms with Crippen molar-refractivity contribution < 1.29 is 9.59 Å². The summed E-state index contributed by atoms with van der Waals surface area (Å²) < 4.78 is 1.97. The summed E-state index contributed by atoms with van der Waals surface area (Å²) >= 11 is 0. The molecule has 7 heteroatoms. The van der Waals surface area contributed by atoms with Crippen LogP contribution in [-0.2, 0) is 11.3 Å². The highest BCUT2D eigenvalue weighted by Gasteiger charge is 2.32. The van der Waals surface area contributed by atoms with Crippen LogP contribution in [-0.4, -0.2) is 38.9 Å². The average Bonchev–Trinajstić information content (AvgIpc) is 3.42. The van der Waals surface area contributed by atoms with E-state index in [0.29, 0.717) is 24.6 Å². The first-order valence-electron chi connectivity index (χ1n) is 11.6. The number of likely N-dealkylation sites (tertiary alicyclic amines) is 1. The molecule has 1 aromatic heterocycles. The van der Waals surface area contributed by atoms with Crippen LogP contribution in [0.4, 0.5) is 5.95 Å². The van der Waals surface area contributed by atoms with E-state index >= 15 is 0 Å². The maximum absolute atomic E-state index is 13.1. The van der Waals surface area contributed by atoms with E-state index < -0.39 is 0 Å². The second-order valence-electron chi connectivity index (χ2n) is 9.09. The van der Waals surface area contributed by atoms with Gasteiger partial charge in [0.05, 0.1) is 17.1 Å². The Bertz CT molecular complexity index is 1300. The second kappa shape index (κ2) is 9.92. The Hall–Kier alpha value is -3.92. The molecule has 0 spiro atoms. The average molecular weight is 456 g/mol. The number of allylic oxidation sites excluding steroid dienone is 1. The number of nitrogens with zero attached hydrogens (tertiary/aromatic N) is 4. The Labute approximate surface area is 199 Å². The Morgan fingerprint density at radius 2 is 2.03 bits per heavy atom. The highest BCUT2D eigenvalue weighted by Crippen LogP contribution is 2.26. The van der Waals surface area contributed by atoms with E-state index in [1.807, 2.05) is 67.8 Å². The van der Waals surface area contributed by atoms with Crippen molar-refractivity contribution in [2.24, 2.45) is 5.92 Å². The molecule has 0 bridgehead atoms. The van der Waals surface area contributed by atoms with Crippen LogP contribution in [0.15, 0.2) is 60.2 Å². The van der Waals surface area contributed by atoms with Gasteiger partial charge in [-0.3, -0.25) is 14.9 Å². The molecular weight excluding hydrogens is 426 g/mol. The van der Waals surface area contributed by atoms with Gasteiger partial charge in [0.15, 0.2) is 0 Å². The van der Waals surface area contributed by atoms with E-state index in [4.69, 9.17) is 0 Å². The van der Waals surface area contributed by atoms with E-state index in [1.54, 1.807) is 17.0 Å². The van der Waals surface area contributed by atoms with Crippen LogP contribution in [0.3, 0.4) is 0 Å². The lowest BCUT2D eigenvalue weighted by molar-refractivity contribution is -0.127. The first-order chi connectivity index (χ1) is 16.4. The molecule has 0 unspecified atom stereocenters. The number of hydrogen-bond donors (Lipinski definition) is 1. The summed E-state index contributed by atoms with van der Waals surface area (Å²) in [4.78, 5) is 32.6. The molecule has 1 N–H and O–H groups in total. The maximum atomic E-state index is 13.1. The molecule has 2 heterocycles. The minimum Gasteiger partial charge on any atom is -0.333 e. The largest absolute Gasteiger partial charge is 0.333 e. The number of aromatic nitrogens is 2. The second-order valence-corrected chi connectivity index (χ2v) is 9.09. The van der Waals surface area contributed by atoms with Crippen molar-refractivity contribution >= 4 is 28.8 Å². The van der Waals surface area contributed by atoms with Gasteiger partial charge in [0.2, 0.25) is 5.95 Å². The normalized spacial score (nSPS) is 16.1. The number of rotatable bonds is 6. The predicted molar refractivity (Wildman–Crippen MR) is 132 cm³/mol. The van der Waals surface area contributed by atoms with Gasteiger partial charge < -0.3 is 9.47 Å². The highest BCUT2D eigenvalue weighted by molar-refractivity contribution is 6.04.